The van der Waals surface area contributed by atoms with Gasteiger partial charge in [0.05, 0.1) is 5.02 Å². The lowest BCUT2D eigenvalue weighted by Gasteiger charge is -2.11. The van der Waals surface area contributed by atoms with Gasteiger partial charge >= 0.3 is 0 Å². The highest BCUT2D eigenvalue weighted by molar-refractivity contribution is 6.30. The number of aliphatic hydroxyl groups is 1. The van der Waals surface area contributed by atoms with Crippen molar-refractivity contribution in [3.8, 4) is 0 Å². The Morgan fingerprint density at radius 3 is 3.00 bits per heavy atom. The lowest BCUT2D eigenvalue weighted by molar-refractivity contribution is 0.0932. The molecule has 0 bridgehead atoms. The van der Waals surface area contributed by atoms with Gasteiger partial charge in [0.2, 0.25) is 0 Å². The van der Waals surface area contributed by atoms with Crippen molar-refractivity contribution in [3.63, 3.8) is 0 Å². The van der Waals surface area contributed by atoms with Crippen LogP contribution in [0.3, 0.4) is 0 Å². The molecule has 1 unspecified atom stereocenters. The average molecular weight is 231 g/mol. The van der Waals surface area contributed by atoms with E-state index in [-0.39, 0.29) is 18.6 Å². The molecule has 3 N–H and O–H groups in total. The number of aliphatic hydroxyl groups excluding tert-OH is 1. The molecule has 0 aliphatic rings. The number of amides is 1. The van der Waals surface area contributed by atoms with Crippen molar-refractivity contribution in [3.05, 3.63) is 23.0 Å². The largest absolute Gasteiger partial charge is 0.396 e. The summed E-state index contributed by atoms with van der Waals surface area (Å²) in [6.07, 6.45) is 3.01. The number of rotatable bonds is 5. The number of hydrogen-bond donors (Lipinski definition) is 3. The van der Waals surface area contributed by atoms with E-state index < -0.39 is 0 Å². The highest BCUT2D eigenvalue weighted by Crippen LogP contribution is 2.09. The van der Waals surface area contributed by atoms with Gasteiger partial charge in [0, 0.05) is 18.8 Å². The lowest BCUT2D eigenvalue weighted by atomic mass is 10.2. The number of nitrogens with one attached hydrogen (secondary N) is 2. The molecule has 15 heavy (non-hydrogen) atoms. The van der Waals surface area contributed by atoms with Crippen LogP contribution in [0.15, 0.2) is 12.3 Å². The number of carbonyl (C=O) groups excluding carboxylic acids is 1. The van der Waals surface area contributed by atoms with Gasteiger partial charge in [0.1, 0.15) is 5.69 Å². The quantitative estimate of drug-likeness (QED) is 0.719. The summed E-state index contributed by atoms with van der Waals surface area (Å²) in [6.45, 7) is 2.05. The van der Waals surface area contributed by atoms with Gasteiger partial charge in [0.25, 0.3) is 5.91 Å². The molecule has 0 saturated heterocycles. The summed E-state index contributed by atoms with van der Waals surface area (Å²) >= 11 is 5.68. The molecule has 0 aliphatic carbocycles. The van der Waals surface area contributed by atoms with Crippen LogP contribution in [-0.4, -0.2) is 28.6 Å². The molecule has 0 spiro atoms. The minimum atomic E-state index is -0.174. The topological polar surface area (TPSA) is 65.1 Å². The first-order valence-corrected chi connectivity index (χ1v) is 5.27. The Hall–Kier alpha value is -1.00. The number of carbonyl (C=O) groups is 1. The first-order chi connectivity index (χ1) is 7.13. The first kappa shape index (κ1) is 12.1. The highest BCUT2D eigenvalue weighted by Gasteiger charge is 2.10. The van der Waals surface area contributed by atoms with Gasteiger partial charge in [0.15, 0.2) is 0 Å². The maximum absolute atomic E-state index is 11.6. The molecule has 0 aromatic carbocycles. The second-order valence-electron chi connectivity index (χ2n) is 3.47. The van der Waals surface area contributed by atoms with Gasteiger partial charge in [-0.1, -0.05) is 11.6 Å². The average Bonchev–Trinajstić information content (AvgIpc) is 2.61. The second kappa shape index (κ2) is 5.78. The molecule has 1 amide bonds. The molecule has 0 fully saturated rings. The van der Waals surface area contributed by atoms with Crippen LogP contribution in [0, 0.1) is 0 Å². The van der Waals surface area contributed by atoms with Gasteiger partial charge in [-0.2, -0.15) is 0 Å². The first-order valence-electron chi connectivity index (χ1n) is 4.89. The van der Waals surface area contributed by atoms with E-state index >= 15 is 0 Å². The maximum atomic E-state index is 11.6. The van der Waals surface area contributed by atoms with Gasteiger partial charge in [-0.05, 0) is 25.8 Å². The highest BCUT2D eigenvalue weighted by atomic mass is 35.5. The van der Waals surface area contributed by atoms with Crippen molar-refractivity contribution in [2.45, 2.75) is 25.8 Å². The van der Waals surface area contributed by atoms with Gasteiger partial charge in [-0.15, -0.1) is 0 Å². The van der Waals surface area contributed by atoms with Crippen molar-refractivity contribution in [1.29, 1.82) is 0 Å². The van der Waals surface area contributed by atoms with Crippen molar-refractivity contribution in [1.82, 2.24) is 10.3 Å². The monoisotopic (exact) mass is 230 g/mol. The van der Waals surface area contributed by atoms with E-state index in [9.17, 15) is 4.79 Å². The zero-order valence-corrected chi connectivity index (χ0v) is 9.34. The Morgan fingerprint density at radius 2 is 2.47 bits per heavy atom. The fourth-order valence-corrected chi connectivity index (χ4v) is 1.43. The molecule has 84 valence electrons. The number of aromatic nitrogens is 1. The fraction of sp³-hybridized carbons (Fsp3) is 0.500. The summed E-state index contributed by atoms with van der Waals surface area (Å²) in [5.74, 6) is -0.174. The molecular formula is C10H15ClN2O2. The molecule has 4 nitrogen and oxygen atoms in total. The molecular weight excluding hydrogens is 216 g/mol. The third-order valence-corrected chi connectivity index (χ3v) is 2.28. The predicted molar refractivity (Wildman–Crippen MR) is 59.1 cm³/mol. The van der Waals surface area contributed by atoms with Gasteiger partial charge in [-0.25, -0.2) is 0 Å². The third kappa shape index (κ3) is 3.93. The second-order valence-corrected chi connectivity index (χ2v) is 3.91. The predicted octanol–water partition coefficient (Wildman–Crippen LogP) is 1.56. The molecule has 1 aromatic heterocycles. The smallest absolute Gasteiger partial charge is 0.267 e. The van der Waals surface area contributed by atoms with Crippen molar-refractivity contribution in [2.75, 3.05) is 6.61 Å². The van der Waals surface area contributed by atoms with Gasteiger partial charge in [-0.3, -0.25) is 4.79 Å². The molecule has 1 aromatic rings. The summed E-state index contributed by atoms with van der Waals surface area (Å²) in [4.78, 5) is 14.3. The van der Waals surface area contributed by atoms with E-state index in [2.05, 4.69) is 10.3 Å². The molecule has 1 rings (SSSR count). The summed E-state index contributed by atoms with van der Waals surface area (Å²) in [5.41, 5.74) is 0.454. The van der Waals surface area contributed by atoms with E-state index in [1.807, 2.05) is 6.92 Å². The van der Waals surface area contributed by atoms with Crippen LogP contribution in [-0.2, 0) is 0 Å². The Kier molecular flexibility index (Phi) is 4.65. The summed E-state index contributed by atoms with van der Waals surface area (Å²) < 4.78 is 0. The lowest BCUT2D eigenvalue weighted by Crippen LogP contribution is -2.32. The zero-order chi connectivity index (χ0) is 11.3. The summed E-state index contributed by atoms with van der Waals surface area (Å²) in [5, 5.41) is 12.0. The standard InChI is InChI=1S/C10H15ClN2O2/c1-7(3-2-4-14)13-10(15)9-5-8(11)6-12-9/h5-7,12,14H,2-4H2,1H3,(H,13,15). The Bertz CT molecular complexity index is 325. The summed E-state index contributed by atoms with van der Waals surface area (Å²) in [6, 6.07) is 1.63. The number of aromatic amines is 1. The SMILES string of the molecule is CC(CCCO)NC(=O)c1cc(Cl)c[nH]1. The van der Waals surface area contributed by atoms with Crippen LogP contribution in [0.2, 0.25) is 5.02 Å². The van der Waals surface area contributed by atoms with E-state index in [1.54, 1.807) is 12.3 Å². The Labute approximate surface area is 93.6 Å². The van der Waals surface area contributed by atoms with Gasteiger partial charge < -0.3 is 15.4 Å². The minimum Gasteiger partial charge on any atom is -0.396 e. The molecule has 1 atom stereocenters. The molecule has 0 saturated carbocycles. The molecule has 5 heteroatoms. The van der Waals surface area contributed by atoms with Crippen LogP contribution < -0.4 is 5.32 Å². The fourth-order valence-electron chi connectivity index (χ4n) is 1.27. The number of halogens is 1. The van der Waals surface area contributed by atoms with Crippen LogP contribution >= 0.6 is 11.6 Å². The van der Waals surface area contributed by atoms with E-state index in [4.69, 9.17) is 16.7 Å². The van der Waals surface area contributed by atoms with Crippen molar-refractivity contribution < 1.29 is 9.90 Å². The molecule has 1 heterocycles. The normalized spacial score (nSPS) is 12.5. The van der Waals surface area contributed by atoms with Crippen molar-refractivity contribution in [2.24, 2.45) is 0 Å². The third-order valence-electron chi connectivity index (χ3n) is 2.07. The van der Waals surface area contributed by atoms with E-state index in [0.29, 0.717) is 17.1 Å². The minimum absolute atomic E-state index is 0.0479. The van der Waals surface area contributed by atoms with Crippen LogP contribution in [0.1, 0.15) is 30.3 Å². The molecule has 0 radical (unpaired) electrons. The Balaban J connectivity index is 2.42. The van der Waals surface area contributed by atoms with Crippen LogP contribution in [0.4, 0.5) is 0 Å². The van der Waals surface area contributed by atoms with Crippen LogP contribution in [0.5, 0.6) is 0 Å². The summed E-state index contributed by atoms with van der Waals surface area (Å²) in [7, 11) is 0. The zero-order valence-electron chi connectivity index (χ0n) is 8.59. The molecule has 0 aliphatic heterocycles. The van der Waals surface area contributed by atoms with Crippen molar-refractivity contribution >= 4 is 17.5 Å². The number of hydrogen-bond acceptors (Lipinski definition) is 2. The Morgan fingerprint density at radius 1 is 1.73 bits per heavy atom. The maximum Gasteiger partial charge on any atom is 0.267 e. The number of H-pyrrole nitrogens is 1. The van der Waals surface area contributed by atoms with E-state index in [0.717, 1.165) is 6.42 Å². The van der Waals surface area contributed by atoms with E-state index in [1.165, 1.54) is 0 Å². The van der Waals surface area contributed by atoms with Crippen LogP contribution in [0.25, 0.3) is 0 Å².